The number of hydrogen-bond donors (Lipinski definition) is 2. The molecule has 3 rings (SSSR count). The van der Waals surface area contributed by atoms with Crippen LogP contribution in [0.5, 0.6) is 0 Å². The Bertz CT molecular complexity index is 874. The van der Waals surface area contributed by atoms with E-state index in [0.717, 1.165) is 11.5 Å². The number of carbonyl (C=O) groups is 1. The monoisotopic (exact) mass is 370 g/mol. The van der Waals surface area contributed by atoms with Crippen LogP contribution in [0.2, 0.25) is 0 Å². The zero-order chi connectivity index (χ0) is 19.1. The molecule has 3 aromatic rings. The van der Waals surface area contributed by atoms with Gasteiger partial charge in [-0.05, 0) is 12.1 Å². The molecule has 0 unspecified atom stereocenters. The first-order valence-corrected chi connectivity index (χ1v) is 8.53. The lowest BCUT2D eigenvalue weighted by Gasteiger charge is -2.08. The third-order valence-corrected chi connectivity index (χ3v) is 3.91. The molecule has 142 valence electrons. The number of methoxy groups -OCH3 is 1. The molecule has 0 spiro atoms. The van der Waals surface area contributed by atoms with Crippen molar-refractivity contribution in [1.82, 2.24) is 34.8 Å². The quantitative estimate of drug-likeness (QED) is 0.614. The lowest BCUT2D eigenvalue weighted by Crippen LogP contribution is -2.31. The number of aryl methyl sites for hydroxylation is 1. The molecule has 10 nitrogen and oxygen atoms in total. The summed E-state index contributed by atoms with van der Waals surface area (Å²) in [4.78, 5) is 16.4. The number of anilines is 1. The van der Waals surface area contributed by atoms with Gasteiger partial charge in [-0.3, -0.25) is 15.0 Å². The average molecular weight is 370 g/mol. The Kier molecular flexibility index (Phi) is 6.10. The molecule has 3 heterocycles. The smallest absolute Gasteiger partial charge is 0.320 e. The molecule has 0 fully saturated rings. The number of nitrogens with one attached hydrogen (secondary N) is 2. The molecular formula is C17H22N8O2. The second kappa shape index (κ2) is 8.90. The van der Waals surface area contributed by atoms with Crippen LogP contribution in [0.3, 0.4) is 0 Å². The lowest BCUT2D eigenvalue weighted by molar-refractivity contribution is 0.186. The lowest BCUT2D eigenvalue weighted by atomic mass is 10.3. The number of urea groups is 1. The predicted molar refractivity (Wildman–Crippen MR) is 99.1 cm³/mol. The molecule has 0 aromatic carbocycles. The number of ether oxygens (including phenoxy) is 1. The van der Waals surface area contributed by atoms with Crippen LogP contribution in [0.4, 0.5) is 10.6 Å². The Morgan fingerprint density at radius 2 is 2.19 bits per heavy atom. The molecule has 2 amide bonds. The maximum atomic E-state index is 12.2. The maximum absolute atomic E-state index is 12.2. The Morgan fingerprint density at radius 3 is 2.96 bits per heavy atom. The van der Waals surface area contributed by atoms with E-state index in [4.69, 9.17) is 4.74 Å². The van der Waals surface area contributed by atoms with Crippen LogP contribution in [0.1, 0.15) is 5.82 Å². The van der Waals surface area contributed by atoms with Gasteiger partial charge in [0.05, 0.1) is 12.3 Å². The van der Waals surface area contributed by atoms with E-state index in [0.29, 0.717) is 37.6 Å². The summed E-state index contributed by atoms with van der Waals surface area (Å²) in [5.74, 6) is 1.38. The van der Waals surface area contributed by atoms with Crippen LogP contribution in [0.15, 0.2) is 36.8 Å². The van der Waals surface area contributed by atoms with Crippen molar-refractivity contribution in [2.24, 2.45) is 7.05 Å². The van der Waals surface area contributed by atoms with Crippen LogP contribution in [0, 0.1) is 0 Å². The van der Waals surface area contributed by atoms with Crippen molar-refractivity contribution in [3.8, 4) is 11.4 Å². The molecule has 0 saturated carbocycles. The highest BCUT2D eigenvalue weighted by molar-refractivity contribution is 5.88. The third-order valence-electron chi connectivity index (χ3n) is 3.91. The summed E-state index contributed by atoms with van der Waals surface area (Å²) < 4.78 is 8.56. The fourth-order valence-electron chi connectivity index (χ4n) is 2.52. The molecule has 3 aromatic heterocycles. The zero-order valence-electron chi connectivity index (χ0n) is 15.3. The second-order valence-corrected chi connectivity index (χ2v) is 5.82. The van der Waals surface area contributed by atoms with E-state index in [1.54, 1.807) is 37.4 Å². The fraction of sp³-hybridized carbons (Fsp3) is 0.353. The van der Waals surface area contributed by atoms with Gasteiger partial charge in [0, 0.05) is 45.9 Å². The second-order valence-electron chi connectivity index (χ2n) is 5.82. The van der Waals surface area contributed by atoms with Crippen molar-refractivity contribution < 1.29 is 9.53 Å². The highest BCUT2D eigenvalue weighted by Crippen LogP contribution is 2.18. The van der Waals surface area contributed by atoms with Gasteiger partial charge < -0.3 is 14.6 Å². The molecule has 2 N–H and O–H groups in total. The summed E-state index contributed by atoms with van der Waals surface area (Å²) in [5.41, 5.74) is 1.44. The first-order valence-electron chi connectivity index (χ1n) is 8.53. The number of aromatic nitrogens is 6. The summed E-state index contributed by atoms with van der Waals surface area (Å²) in [6, 6.07) is 7.07. The highest BCUT2D eigenvalue weighted by Gasteiger charge is 2.11. The molecular weight excluding hydrogens is 348 g/mol. The van der Waals surface area contributed by atoms with Gasteiger partial charge in [0.25, 0.3) is 0 Å². The molecule has 0 aliphatic heterocycles. The Labute approximate surface area is 156 Å². The van der Waals surface area contributed by atoms with Gasteiger partial charge in [0.15, 0.2) is 0 Å². The number of nitrogens with zero attached hydrogens (tertiary/aromatic N) is 6. The highest BCUT2D eigenvalue weighted by atomic mass is 16.5. The molecule has 0 atom stereocenters. The largest absolute Gasteiger partial charge is 0.383 e. The summed E-state index contributed by atoms with van der Waals surface area (Å²) in [5, 5.41) is 17.9. The van der Waals surface area contributed by atoms with Crippen molar-refractivity contribution >= 4 is 11.8 Å². The molecule has 0 saturated heterocycles. The topological polar surface area (TPSA) is 112 Å². The minimum atomic E-state index is -0.312. The molecule has 27 heavy (non-hydrogen) atoms. The van der Waals surface area contributed by atoms with Crippen molar-refractivity contribution in [2.75, 3.05) is 25.6 Å². The first kappa shape index (κ1) is 18.5. The maximum Gasteiger partial charge on any atom is 0.320 e. The molecule has 10 heteroatoms. The van der Waals surface area contributed by atoms with E-state index in [9.17, 15) is 4.79 Å². The number of hydrogen-bond acceptors (Lipinski definition) is 6. The van der Waals surface area contributed by atoms with Gasteiger partial charge >= 0.3 is 6.03 Å². The van der Waals surface area contributed by atoms with Gasteiger partial charge in [0.1, 0.15) is 23.7 Å². The summed E-state index contributed by atoms with van der Waals surface area (Å²) >= 11 is 0. The normalized spacial score (nSPS) is 10.7. The summed E-state index contributed by atoms with van der Waals surface area (Å²) in [7, 11) is 3.41. The average Bonchev–Trinajstić information content (AvgIpc) is 3.27. The van der Waals surface area contributed by atoms with Crippen molar-refractivity contribution in [3.05, 3.63) is 42.6 Å². The number of pyridine rings is 1. The van der Waals surface area contributed by atoms with Gasteiger partial charge in [-0.2, -0.15) is 5.10 Å². The Hall–Kier alpha value is -3.27. The van der Waals surface area contributed by atoms with Crippen LogP contribution in [-0.4, -0.2) is 55.8 Å². The van der Waals surface area contributed by atoms with Crippen LogP contribution >= 0.6 is 0 Å². The third kappa shape index (κ3) is 4.88. The molecule has 0 bridgehead atoms. The van der Waals surface area contributed by atoms with E-state index < -0.39 is 0 Å². The van der Waals surface area contributed by atoms with E-state index in [2.05, 4.69) is 30.9 Å². The number of carbonyl (C=O) groups excluding carboxylic acids is 1. The first-order chi connectivity index (χ1) is 13.2. The predicted octanol–water partition coefficient (Wildman–Crippen LogP) is 1.08. The Balaban J connectivity index is 1.51. The fourth-order valence-corrected chi connectivity index (χ4v) is 2.52. The standard InChI is InChI=1S/C17H22N8O2/c1-24-16(11-14(23-24)13-5-3-4-7-18-13)21-17(26)19-8-6-15-22-20-12-25(15)9-10-27-2/h3-5,7,11-12H,6,8-10H2,1-2H3,(H2,19,21,26). The summed E-state index contributed by atoms with van der Waals surface area (Å²) in [6.45, 7) is 1.69. The van der Waals surface area contributed by atoms with Crippen molar-refractivity contribution in [1.29, 1.82) is 0 Å². The molecule has 0 aliphatic carbocycles. The molecule has 0 aliphatic rings. The van der Waals surface area contributed by atoms with E-state index >= 15 is 0 Å². The summed E-state index contributed by atoms with van der Waals surface area (Å²) in [6.07, 6.45) is 3.93. The minimum absolute atomic E-state index is 0.312. The van der Waals surface area contributed by atoms with Crippen LogP contribution < -0.4 is 10.6 Å². The zero-order valence-corrected chi connectivity index (χ0v) is 15.3. The van der Waals surface area contributed by atoms with Gasteiger partial charge in [-0.1, -0.05) is 6.07 Å². The van der Waals surface area contributed by atoms with Crippen LogP contribution in [0.25, 0.3) is 11.4 Å². The van der Waals surface area contributed by atoms with E-state index in [-0.39, 0.29) is 6.03 Å². The van der Waals surface area contributed by atoms with Gasteiger partial charge in [-0.25, -0.2) is 4.79 Å². The SMILES string of the molecule is COCCn1cnnc1CCNC(=O)Nc1cc(-c2ccccn2)nn1C. The van der Waals surface area contributed by atoms with Gasteiger partial charge in [-0.15, -0.1) is 10.2 Å². The Morgan fingerprint density at radius 1 is 1.30 bits per heavy atom. The van der Waals surface area contributed by atoms with E-state index in [1.165, 1.54) is 0 Å². The van der Waals surface area contributed by atoms with Crippen molar-refractivity contribution in [2.45, 2.75) is 13.0 Å². The van der Waals surface area contributed by atoms with E-state index in [1.807, 2.05) is 22.8 Å². The van der Waals surface area contributed by atoms with Crippen molar-refractivity contribution in [3.63, 3.8) is 0 Å². The van der Waals surface area contributed by atoms with Crippen LogP contribution in [-0.2, 0) is 24.8 Å². The minimum Gasteiger partial charge on any atom is -0.383 e. The number of rotatable bonds is 8. The number of amides is 2. The molecule has 0 radical (unpaired) electrons. The van der Waals surface area contributed by atoms with Gasteiger partial charge in [0.2, 0.25) is 0 Å².